The van der Waals surface area contributed by atoms with Crippen LogP contribution in [0.2, 0.25) is 0 Å². The van der Waals surface area contributed by atoms with Gasteiger partial charge in [-0.1, -0.05) is 35.0 Å². The van der Waals surface area contributed by atoms with Gasteiger partial charge in [-0.3, -0.25) is 0 Å². The van der Waals surface area contributed by atoms with Gasteiger partial charge < -0.3 is 4.52 Å². The largest absolute Gasteiger partial charge is 0.361 e. The molecule has 0 fully saturated rings. The minimum Gasteiger partial charge on any atom is -0.361 e. The highest BCUT2D eigenvalue weighted by molar-refractivity contribution is 7.92. The zero-order chi connectivity index (χ0) is 15.7. The Hall–Kier alpha value is -1.99. The van der Waals surface area contributed by atoms with Crippen molar-refractivity contribution in [3.63, 3.8) is 0 Å². The van der Waals surface area contributed by atoms with E-state index in [0.29, 0.717) is 17.1 Å². The summed E-state index contributed by atoms with van der Waals surface area (Å²) in [6, 6.07) is 9.43. The van der Waals surface area contributed by atoms with Gasteiger partial charge in [0, 0.05) is 17.0 Å². The lowest BCUT2D eigenvalue weighted by Gasteiger charge is -1.98. The maximum absolute atomic E-state index is 12.4. The quantitative estimate of drug-likeness (QED) is 0.731. The molecule has 0 atom stereocenters. The Kier molecular flexibility index (Phi) is 3.84. The van der Waals surface area contributed by atoms with Gasteiger partial charge in [-0.05, 0) is 13.8 Å². The number of sulfone groups is 1. The van der Waals surface area contributed by atoms with Crippen LogP contribution in [0.1, 0.15) is 17.0 Å². The molecule has 0 radical (unpaired) electrons. The van der Waals surface area contributed by atoms with E-state index < -0.39 is 9.84 Å². The molecule has 0 saturated heterocycles. The van der Waals surface area contributed by atoms with Crippen molar-refractivity contribution in [1.82, 2.24) is 10.1 Å². The van der Waals surface area contributed by atoms with E-state index in [9.17, 15) is 8.42 Å². The average Bonchev–Trinajstić information content (AvgIpc) is 3.09. The molecular weight excluding hydrogens is 320 g/mol. The number of benzene rings is 1. The molecule has 2 heterocycles. The summed E-state index contributed by atoms with van der Waals surface area (Å²) < 4.78 is 29.8. The van der Waals surface area contributed by atoms with Gasteiger partial charge in [0.2, 0.25) is 14.2 Å². The Balaban J connectivity index is 1.87. The standard InChI is InChI=1S/C15H14N2O3S2/c1-10-3-5-12(6-4-10)14-8-21-15(16-14)22(18,19)9-13-7-11(2)20-17-13/h3-8H,9H2,1-2H3. The van der Waals surface area contributed by atoms with Crippen LogP contribution in [0.5, 0.6) is 0 Å². The normalized spacial score (nSPS) is 11.7. The third kappa shape index (κ3) is 3.10. The van der Waals surface area contributed by atoms with Crippen LogP contribution >= 0.6 is 11.3 Å². The van der Waals surface area contributed by atoms with Gasteiger partial charge in [0.15, 0.2) is 0 Å². The second-order valence-electron chi connectivity index (χ2n) is 5.05. The highest BCUT2D eigenvalue weighted by Gasteiger charge is 2.22. The molecule has 5 nitrogen and oxygen atoms in total. The topological polar surface area (TPSA) is 73.1 Å². The monoisotopic (exact) mass is 334 g/mol. The highest BCUT2D eigenvalue weighted by Crippen LogP contribution is 2.26. The van der Waals surface area contributed by atoms with Crippen molar-refractivity contribution in [3.05, 3.63) is 52.7 Å². The minimum absolute atomic E-state index is 0.101. The summed E-state index contributed by atoms with van der Waals surface area (Å²) in [4.78, 5) is 4.26. The highest BCUT2D eigenvalue weighted by atomic mass is 32.2. The molecule has 3 rings (SSSR count). The maximum atomic E-state index is 12.4. The Morgan fingerprint density at radius 3 is 2.55 bits per heavy atom. The number of thiazole rings is 1. The van der Waals surface area contributed by atoms with E-state index in [1.54, 1.807) is 18.4 Å². The fourth-order valence-corrected chi connectivity index (χ4v) is 4.35. The zero-order valence-electron chi connectivity index (χ0n) is 12.1. The summed E-state index contributed by atoms with van der Waals surface area (Å²) in [5.41, 5.74) is 3.11. The number of hydrogen-bond acceptors (Lipinski definition) is 6. The molecule has 0 bridgehead atoms. The Bertz CT molecular complexity index is 893. The molecule has 3 aromatic rings. The average molecular weight is 334 g/mol. The number of aromatic nitrogens is 2. The van der Waals surface area contributed by atoms with Gasteiger partial charge in [-0.2, -0.15) is 0 Å². The van der Waals surface area contributed by atoms with Gasteiger partial charge in [-0.25, -0.2) is 13.4 Å². The van der Waals surface area contributed by atoms with Gasteiger partial charge in [-0.15, -0.1) is 11.3 Å². The van der Waals surface area contributed by atoms with Crippen molar-refractivity contribution in [2.24, 2.45) is 0 Å². The molecule has 1 aromatic carbocycles. The molecule has 0 N–H and O–H groups in total. The first-order valence-corrected chi connectivity index (χ1v) is 9.15. The number of aryl methyl sites for hydroxylation is 2. The van der Waals surface area contributed by atoms with E-state index >= 15 is 0 Å². The van der Waals surface area contributed by atoms with E-state index in [1.165, 1.54) is 0 Å². The van der Waals surface area contributed by atoms with Crippen LogP contribution in [0.25, 0.3) is 11.3 Å². The van der Waals surface area contributed by atoms with Gasteiger partial charge >= 0.3 is 0 Å². The van der Waals surface area contributed by atoms with Gasteiger partial charge in [0.1, 0.15) is 11.5 Å². The van der Waals surface area contributed by atoms with Crippen molar-refractivity contribution >= 4 is 21.2 Å². The van der Waals surface area contributed by atoms with Crippen molar-refractivity contribution in [2.45, 2.75) is 23.9 Å². The van der Waals surface area contributed by atoms with E-state index in [0.717, 1.165) is 22.5 Å². The number of hydrogen-bond donors (Lipinski definition) is 0. The fourth-order valence-electron chi connectivity index (χ4n) is 2.00. The molecular formula is C15H14N2O3S2. The summed E-state index contributed by atoms with van der Waals surface area (Å²) >= 11 is 1.12. The Morgan fingerprint density at radius 1 is 1.18 bits per heavy atom. The van der Waals surface area contributed by atoms with Crippen LogP contribution in [-0.2, 0) is 15.6 Å². The van der Waals surface area contributed by atoms with Crippen molar-refractivity contribution < 1.29 is 12.9 Å². The second-order valence-corrected chi connectivity index (χ2v) is 8.07. The lowest BCUT2D eigenvalue weighted by atomic mass is 10.1. The first-order valence-electron chi connectivity index (χ1n) is 6.61. The van der Waals surface area contributed by atoms with Crippen LogP contribution in [0.4, 0.5) is 0 Å². The Morgan fingerprint density at radius 2 is 1.91 bits per heavy atom. The van der Waals surface area contributed by atoms with Crippen molar-refractivity contribution in [1.29, 1.82) is 0 Å². The molecule has 0 spiro atoms. The molecule has 22 heavy (non-hydrogen) atoms. The summed E-state index contributed by atoms with van der Waals surface area (Å²) in [5, 5.41) is 5.48. The van der Waals surface area contributed by atoms with Crippen LogP contribution in [0.3, 0.4) is 0 Å². The number of nitrogens with zero attached hydrogens (tertiary/aromatic N) is 2. The van der Waals surface area contributed by atoms with Crippen molar-refractivity contribution in [3.8, 4) is 11.3 Å². The molecule has 0 aliphatic rings. The molecule has 0 saturated carbocycles. The van der Waals surface area contributed by atoms with E-state index in [2.05, 4.69) is 10.1 Å². The van der Waals surface area contributed by atoms with E-state index in [4.69, 9.17) is 4.52 Å². The van der Waals surface area contributed by atoms with Crippen LogP contribution < -0.4 is 0 Å². The smallest absolute Gasteiger partial charge is 0.211 e. The lowest BCUT2D eigenvalue weighted by molar-refractivity contribution is 0.392. The third-order valence-electron chi connectivity index (χ3n) is 3.11. The Labute approximate surface area is 132 Å². The molecule has 2 aromatic heterocycles. The molecule has 0 aliphatic carbocycles. The first kappa shape index (κ1) is 14.9. The summed E-state index contributed by atoms with van der Waals surface area (Å²) in [6.07, 6.45) is 0. The molecule has 7 heteroatoms. The summed E-state index contributed by atoms with van der Waals surface area (Å²) in [5.74, 6) is 0.384. The predicted molar refractivity (Wildman–Crippen MR) is 84.4 cm³/mol. The third-order valence-corrected chi connectivity index (χ3v) is 6.09. The number of rotatable bonds is 4. The summed E-state index contributed by atoms with van der Waals surface area (Å²) in [7, 11) is -3.51. The van der Waals surface area contributed by atoms with E-state index in [1.807, 2.05) is 31.2 Å². The van der Waals surface area contributed by atoms with Crippen LogP contribution in [-0.4, -0.2) is 18.6 Å². The molecule has 0 aliphatic heterocycles. The van der Waals surface area contributed by atoms with Gasteiger partial charge in [0.25, 0.3) is 0 Å². The van der Waals surface area contributed by atoms with Crippen LogP contribution in [0.15, 0.2) is 44.6 Å². The minimum atomic E-state index is -3.51. The lowest BCUT2D eigenvalue weighted by Crippen LogP contribution is -2.04. The zero-order valence-corrected chi connectivity index (χ0v) is 13.7. The fraction of sp³-hybridized carbons (Fsp3) is 0.200. The van der Waals surface area contributed by atoms with Gasteiger partial charge in [0.05, 0.1) is 11.4 Å². The first-order chi connectivity index (χ1) is 10.4. The molecule has 0 unspecified atom stereocenters. The molecule has 0 amide bonds. The van der Waals surface area contributed by atoms with Crippen LogP contribution in [0, 0.1) is 13.8 Å². The SMILES string of the molecule is Cc1ccc(-c2csc(S(=O)(=O)Cc3cc(C)on3)n2)cc1. The van der Waals surface area contributed by atoms with E-state index in [-0.39, 0.29) is 10.1 Å². The van der Waals surface area contributed by atoms with Crippen molar-refractivity contribution in [2.75, 3.05) is 0 Å². The summed E-state index contributed by atoms with van der Waals surface area (Å²) in [6.45, 7) is 3.72. The maximum Gasteiger partial charge on any atom is 0.211 e. The molecule has 114 valence electrons. The predicted octanol–water partition coefficient (Wildman–Crippen LogP) is 3.39. The second kappa shape index (κ2) is 5.66.